The van der Waals surface area contributed by atoms with Crippen molar-refractivity contribution in [3.63, 3.8) is 0 Å². The summed E-state index contributed by atoms with van der Waals surface area (Å²) in [6, 6.07) is 12.6. The van der Waals surface area contributed by atoms with Gasteiger partial charge >= 0.3 is 0 Å². The number of methoxy groups -OCH3 is 2. The van der Waals surface area contributed by atoms with Crippen molar-refractivity contribution in [2.75, 3.05) is 34.4 Å². The Hall–Kier alpha value is -2.60. The third-order valence-electron chi connectivity index (χ3n) is 5.29. The van der Waals surface area contributed by atoms with Crippen molar-refractivity contribution in [2.45, 2.75) is 25.4 Å². The molecule has 1 atom stereocenters. The molecule has 0 radical (unpaired) electrons. The Bertz CT molecular complexity index is 827. The number of hydrogen-bond acceptors (Lipinski definition) is 4. The van der Waals surface area contributed by atoms with Gasteiger partial charge in [0.1, 0.15) is 5.82 Å². The van der Waals surface area contributed by atoms with Gasteiger partial charge in [-0.1, -0.05) is 24.3 Å². The molecule has 0 spiro atoms. The third kappa shape index (κ3) is 4.44. The normalized spacial score (nSPS) is 16.8. The van der Waals surface area contributed by atoms with Crippen molar-refractivity contribution in [3.8, 4) is 11.5 Å². The molecule has 0 aliphatic carbocycles. The van der Waals surface area contributed by atoms with Gasteiger partial charge < -0.3 is 14.4 Å². The fourth-order valence-corrected chi connectivity index (χ4v) is 3.72. The van der Waals surface area contributed by atoms with Gasteiger partial charge in [0.15, 0.2) is 11.5 Å². The standard InChI is InChI=1S/C22H27FN2O3/c1-24(14-17-7-4-5-8-18(17)23)22(26)15-25-12-6-9-19(25)16-10-11-20(27-2)21(13-16)28-3/h4-5,7-8,10-11,13,19H,6,9,12,14-15H2,1-3H3. The molecule has 5 nitrogen and oxygen atoms in total. The van der Waals surface area contributed by atoms with Crippen LogP contribution in [0.25, 0.3) is 0 Å². The van der Waals surface area contributed by atoms with E-state index in [0.717, 1.165) is 24.9 Å². The minimum absolute atomic E-state index is 0.0179. The summed E-state index contributed by atoms with van der Waals surface area (Å²) < 4.78 is 24.6. The number of carbonyl (C=O) groups is 1. The topological polar surface area (TPSA) is 42.0 Å². The second-order valence-electron chi connectivity index (χ2n) is 7.08. The van der Waals surface area contributed by atoms with Gasteiger partial charge in [0.05, 0.1) is 20.8 Å². The average molecular weight is 386 g/mol. The van der Waals surface area contributed by atoms with E-state index in [1.807, 2.05) is 18.2 Å². The van der Waals surface area contributed by atoms with Gasteiger partial charge in [0.25, 0.3) is 0 Å². The first-order valence-corrected chi connectivity index (χ1v) is 9.46. The van der Waals surface area contributed by atoms with Gasteiger partial charge in [-0.05, 0) is 43.1 Å². The summed E-state index contributed by atoms with van der Waals surface area (Å²) in [7, 11) is 4.95. The van der Waals surface area contributed by atoms with Crippen molar-refractivity contribution in [1.82, 2.24) is 9.80 Å². The summed E-state index contributed by atoms with van der Waals surface area (Å²) >= 11 is 0. The van der Waals surface area contributed by atoms with E-state index in [4.69, 9.17) is 9.47 Å². The number of halogens is 1. The fraction of sp³-hybridized carbons (Fsp3) is 0.409. The van der Waals surface area contributed by atoms with Crippen LogP contribution in [0.4, 0.5) is 4.39 Å². The molecule has 0 bridgehead atoms. The summed E-state index contributed by atoms with van der Waals surface area (Å²) in [5.41, 5.74) is 1.64. The van der Waals surface area contributed by atoms with Crippen LogP contribution in [0, 0.1) is 5.82 Å². The van der Waals surface area contributed by atoms with Crippen molar-refractivity contribution in [3.05, 3.63) is 59.4 Å². The molecule has 1 unspecified atom stereocenters. The van der Waals surface area contributed by atoms with E-state index in [1.54, 1.807) is 44.4 Å². The van der Waals surface area contributed by atoms with Crippen LogP contribution < -0.4 is 9.47 Å². The van der Waals surface area contributed by atoms with Crippen molar-refractivity contribution in [1.29, 1.82) is 0 Å². The van der Waals surface area contributed by atoms with Gasteiger partial charge in [-0.2, -0.15) is 0 Å². The second kappa shape index (κ2) is 9.06. The van der Waals surface area contributed by atoms with E-state index in [1.165, 1.54) is 6.07 Å². The van der Waals surface area contributed by atoms with E-state index < -0.39 is 0 Å². The van der Waals surface area contributed by atoms with Gasteiger partial charge in [-0.25, -0.2) is 4.39 Å². The summed E-state index contributed by atoms with van der Waals surface area (Å²) in [5.74, 6) is 1.08. The highest BCUT2D eigenvalue weighted by molar-refractivity contribution is 5.78. The molecule has 1 amide bonds. The molecule has 0 N–H and O–H groups in total. The number of amides is 1. The lowest BCUT2D eigenvalue weighted by atomic mass is 10.0. The molecule has 0 saturated carbocycles. The van der Waals surface area contributed by atoms with Crippen molar-refractivity contribution >= 4 is 5.91 Å². The summed E-state index contributed by atoms with van der Waals surface area (Å²) in [6.45, 7) is 1.43. The minimum Gasteiger partial charge on any atom is -0.493 e. The van der Waals surface area contributed by atoms with E-state index >= 15 is 0 Å². The van der Waals surface area contributed by atoms with Crippen LogP contribution in [-0.2, 0) is 11.3 Å². The van der Waals surface area contributed by atoms with Crippen LogP contribution >= 0.6 is 0 Å². The first-order chi connectivity index (χ1) is 13.5. The number of carbonyl (C=O) groups excluding carboxylic acids is 1. The summed E-state index contributed by atoms with van der Waals surface area (Å²) in [4.78, 5) is 16.5. The van der Waals surface area contributed by atoms with Gasteiger partial charge in [-0.15, -0.1) is 0 Å². The zero-order valence-electron chi connectivity index (χ0n) is 16.7. The molecule has 2 aromatic carbocycles. The maximum Gasteiger partial charge on any atom is 0.236 e. The number of ether oxygens (including phenoxy) is 2. The molecule has 150 valence electrons. The predicted octanol–water partition coefficient (Wildman–Crippen LogP) is 3.64. The fourth-order valence-electron chi connectivity index (χ4n) is 3.72. The predicted molar refractivity (Wildman–Crippen MR) is 106 cm³/mol. The van der Waals surface area contributed by atoms with Gasteiger partial charge in [0.2, 0.25) is 5.91 Å². The number of likely N-dealkylation sites (N-methyl/N-ethyl adjacent to an activating group) is 1. The molecule has 2 aromatic rings. The number of rotatable bonds is 7. The molecule has 3 rings (SSSR count). The monoisotopic (exact) mass is 386 g/mol. The molecule has 1 saturated heterocycles. The van der Waals surface area contributed by atoms with Crippen LogP contribution in [0.15, 0.2) is 42.5 Å². The van der Waals surface area contributed by atoms with Gasteiger partial charge in [0, 0.05) is 25.2 Å². The Balaban J connectivity index is 1.68. The zero-order valence-corrected chi connectivity index (χ0v) is 16.7. The summed E-state index contributed by atoms with van der Waals surface area (Å²) in [5, 5.41) is 0. The maximum atomic E-state index is 13.9. The molecule has 28 heavy (non-hydrogen) atoms. The van der Waals surface area contributed by atoms with Gasteiger partial charge in [-0.3, -0.25) is 9.69 Å². The Morgan fingerprint density at radius 3 is 2.64 bits per heavy atom. The van der Waals surface area contributed by atoms with Crippen LogP contribution in [-0.4, -0.2) is 50.1 Å². The third-order valence-corrected chi connectivity index (χ3v) is 5.29. The largest absolute Gasteiger partial charge is 0.493 e. The zero-order chi connectivity index (χ0) is 20.1. The molecular weight excluding hydrogens is 359 g/mol. The minimum atomic E-state index is -0.286. The number of nitrogens with zero attached hydrogens (tertiary/aromatic N) is 2. The second-order valence-corrected chi connectivity index (χ2v) is 7.08. The maximum absolute atomic E-state index is 13.9. The first kappa shape index (κ1) is 20.1. The molecule has 6 heteroatoms. The van der Waals surface area contributed by atoms with Crippen LogP contribution in [0.5, 0.6) is 11.5 Å². The van der Waals surface area contributed by atoms with E-state index in [-0.39, 0.29) is 24.3 Å². The quantitative estimate of drug-likeness (QED) is 0.729. The molecular formula is C22H27FN2O3. The molecule has 1 aliphatic heterocycles. The molecule has 0 aromatic heterocycles. The van der Waals surface area contributed by atoms with Crippen molar-refractivity contribution < 1.29 is 18.7 Å². The van der Waals surface area contributed by atoms with Crippen LogP contribution in [0.1, 0.15) is 30.0 Å². The van der Waals surface area contributed by atoms with Crippen LogP contribution in [0.2, 0.25) is 0 Å². The molecule has 1 fully saturated rings. The Kier molecular flexibility index (Phi) is 6.52. The van der Waals surface area contributed by atoms with Crippen molar-refractivity contribution in [2.24, 2.45) is 0 Å². The highest BCUT2D eigenvalue weighted by Gasteiger charge is 2.29. The first-order valence-electron chi connectivity index (χ1n) is 9.46. The summed E-state index contributed by atoms with van der Waals surface area (Å²) in [6.07, 6.45) is 2.02. The average Bonchev–Trinajstić information content (AvgIpc) is 3.17. The molecule has 1 heterocycles. The lowest BCUT2D eigenvalue weighted by molar-refractivity contribution is -0.131. The lowest BCUT2D eigenvalue weighted by Gasteiger charge is -2.27. The Labute approximate surface area is 165 Å². The molecule has 1 aliphatic rings. The van der Waals surface area contributed by atoms with E-state index in [9.17, 15) is 9.18 Å². The van der Waals surface area contributed by atoms with E-state index in [2.05, 4.69) is 4.90 Å². The highest BCUT2D eigenvalue weighted by atomic mass is 19.1. The Morgan fingerprint density at radius 1 is 1.18 bits per heavy atom. The smallest absolute Gasteiger partial charge is 0.236 e. The SMILES string of the molecule is COc1ccc(C2CCCN2CC(=O)N(C)Cc2ccccc2F)cc1OC. The number of likely N-dealkylation sites (tertiary alicyclic amines) is 1. The number of hydrogen-bond donors (Lipinski definition) is 0. The van der Waals surface area contributed by atoms with E-state index in [0.29, 0.717) is 23.6 Å². The Morgan fingerprint density at radius 2 is 1.93 bits per heavy atom. The lowest BCUT2D eigenvalue weighted by Crippen LogP contribution is -2.38. The van der Waals surface area contributed by atoms with Crippen LogP contribution in [0.3, 0.4) is 0 Å². The number of benzene rings is 2. The highest BCUT2D eigenvalue weighted by Crippen LogP contribution is 2.36.